The second-order valence-electron chi connectivity index (χ2n) is 4.15. The highest BCUT2D eigenvalue weighted by molar-refractivity contribution is 9.10. The van der Waals surface area contributed by atoms with E-state index in [2.05, 4.69) is 21.2 Å². The molecule has 21 heavy (non-hydrogen) atoms. The van der Waals surface area contributed by atoms with E-state index in [0.717, 1.165) is 12.1 Å². The smallest absolute Gasteiger partial charge is 0.271 e. The van der Waals surface area contributed by atoms with Gasteiger partial charge < -0.3 is 11.1 Å². The fourth-order valence-electron chi connectivity index (χ4n) is 1.64. The Hall–Kier alpha value is -2.48. The SMILES string of the molecule is Nc1cc(NC(=O)c2cc(Br)cc([N+](=O)[O-])c2)ccc1F. The molecule has 2 rings (SSSR count). The molecular formula is C13H9BrFN3O3. The van der Waals surface area contributed by atoms with Crippen LogP contribution in [0.2, 0.25) is 0 Å². The number of nitrogens with one attached hydrogen (secondary N) is 1. The number of non-ortho nitro benzene ring substituents is 1. The Morgan fingerprint density at radius 3 is 2.62 bits per heavy atom. The van der Waals surface area contributed by atoms with E-state index in [1.807, 2.05) is 0 Å². The maximum atomic E-state index is 13.0. The number of nitro groups is 1. The average molecular weight is 354 g/mol. The van der Waals surface area contributed by atoms with E-state index in [1.54, 1.807) is 0 Å². The summed E-state index contributed by atoms with van der Waals surface area (Å²) in [6.07, 6.45) is 0. The second kappa shape index (κ2) is 5.88. The first-order valence-electron chi connectivity index (χ1n) is 5.68. The third-order valence-corrected chi connectivity index (χ3v) is 3.07. The van der Waals surface area contributed by atoms with Crippen LogP contribution < -0.4 is 11.1 Å². The number of benzene rings is 2. The van der Waals surface area contributed by atoms with Crippen LogP contribution in [0.1, 0.15) is 10.4 Å². The molecule has 0 radical (unpaired) electrons. The summed E-state index contributed by atoms with van der Waals surface area (Å²) in [7, 11) is 0. The fraction of sp³-hybridized carbons (Fsp3) is 0. The molecule has 8 heteroatoms. The zero-order valence-electron chi connectivity index (χ0n) is 10.5. The summed E-state index contributed by atoms with van der Waals surface area (Å²) in [5, 5.41) is 13.3. The fourth-order valence-corrected chi connectivity index (χ4v) is 2.12. The van der Waals surface area contributed by atoms with Crippen LogP contribution in [0.3, 0.4) is 0 Å². The lowest BCUT2D eigenvalue weighted by Gasteiger charge is -2.07. The first kappa shape index (κ1) is 14.9. The van der Waals surface area contributed by atoms with Crippen molar-refractivity contribution >= 4 is 38.9 Å². The van der Waals surface area contributed by atoms with Gasteiger partial charge in [-0.15, -0.1) is 0 Å². The van der Waals surface area contributed by atoms with E-state index in [0.29, 0.717) is 10.2 Å². The first-order chi connectivity index (χ1) is 9.86. The van der Waals surface area contributed by atoms with Crippen molar-refractivity contribution in [1.29, 1.82) is 0 Å². The van der Waals surface area contributed by atoms with Gasteiger partial charge in [-0.3, -0.25) is 14.9 Å². The van der Waals surface area contributed by atoms with E-state index in [4.69, 9.17) is 5.73 Å². The zero-order chi connectivity index (χ0) is 15.6. The second-order valence-corrected chi connectivity index (χ2v) is 5.06. The molecule has 0 unspecified atom stereocenters. The van der Waals surface area contributed by atoms with Crippen LogP contribution in [0, 0.1) is 15.9 Å². The number of amides is 1. The molecule has 2 aromatic carbocycles. The van der Waals surface area contributed by atoms with Crippen molar-refractivity contribution in [3.63, 3.8) is 0 Å². The van der Waals surface area contributed by atoms with Gasteiger partial charge in [0.15, 0.2) is 0 Å². The van der Waals surface area contributed by atoms with Crippen molar-refractivity contribution in [2.45, 2.75) is 0 Å². The summed E-state index contributed by atoms with van der Waals surface area (Å²) in [5.74, 6) is -1.16. The Bertz CT molecular complexity index is 737. The van der Waals surface area contributed by atoms with Crippen molar-refractivity contribution in [3.05, 3.63) is 62.4 Å². The first-order valence-corrected chi connectivity index (χ1v) is 6.47. The molecule has 0 atom stereocenters. The molecule has 0 fully saturated rings. The Kier molecular flexibility index (Phi) is 4.18. The van der Waals surface area contributed by atoms with E-state index >= 15 is 0 Å². The highest BCUT2D eigenvalue weighted by atomic mass is 79.9. The Balaban J connectivity index is 2.27. The number of hydrogen-bond acceptors (Lipinski definition) is 4. The molecule has 0 aromatic heterocycles. The summed E-state index contributed by atoms with van der Waals surface area (Å²) in [5.41, 5.74) is 5.47. The highest BCUT2D eigenvalue weighted by Crippen LogP contribution is 2.23. The molecular weight excluding hydrogens is 345 g/mol. The maximum Gasteiger partial charge on any atom is 0.271 e. The third-order valence-electron chi connectivity index (χ3n) is 2.61. The number of nitrogen functional groups attached to an aromatic ring is 1. The van der Waals surface area contributed by atoms with E-state index < -0.39 is 16.6 Å². The van der Waals surface area contributed by atoms with E-state index in [9.17, 15) is 19.3 Å². The van der Waals surface area contributed by atoms with Crippen molar-refractivity contribution in [3.8, 4) is 0 Å². The van der Waals surface area contributed by atoms with Crippen LogP contribution in [-0.4, -0.2) is 10.8 Å². The minimum atomic E-state index is -0.600. The number of nitrogens with two attached hydrogens (primary N) is 1. The molecule has 0 heterocycles. The molecule has 3 N–H and O–H groups in total. The van der Waals surface area contributed by atoms with Gasteiger partial charge in [-0.1, -0.05) is 15.9 Å². The molecule has 108 valence electrons. The molecule has 0 saturated carbocycles. The molecule has 0 bridgehead atoms. The van der Waals surface area contributed by atoms with Crippen LogP contribution in [-0.2, 0) is 0 Å². The average Bonchev–Trinajstić information content (AvgIpc) is 2.42. The van der Waals surface area contributed by atoms with Crippen LogP contribution >= 0.6 is 15.9 Å². The Morgan fingerprint density at radius 1 is 1.29 bits per heavy atom. The molecule has 0 aliphatic heterocycles. The van der Waals surface area contributed by atoms with Gasteiger partial charge in [0.05, 0.1) is 10.6 Å². The summed E-state index contributed by atoms with van der Waals surface area (Å²) in [6, 6.07) is 7.60. The quantitative estimate of drug-likeness (QED) is 0.502. The van der Waals surface area contributed by atoms with E-state index in [-0.39, 0.29) is 16.9 Å². The van der Waals surface area contributed by atoms with Crippen molar-refractivity contribution in [2.24, 2.45) is 0 Å². The summed E-state index contributed by atoms with van der Waals surface area (Å²) >= 11 is 3.10. The lowest BCUT2D eigenvalue weighted by atomic mass is 10.2. The predicted octanol–water partition coefficient (Wildman–Crippen LogP) is 3.33. The molecule has 0 spiro atoms. The normalized spacial score (nSPS) is 10.2. The summed E-state index contributed by atoms with van der Waals surface area (Å²) < 4.78 is 13.4. The highest BCUT2D eigenvalue weighted by Gasteiger charge is 2.14. The van der Waals surface area contributed by atoms with Gasteiger partial charge in [0.25, 0.3) is 11.6 Å². The van der Waals surface area contributed by atoms with Crippen LogP contribution in [0.5, 0.6) is 0 Å². The number of rotatable bonds is 3. The molecule has 6 nitrogen and oxygen atoms in total. The minimum absolute atomic E-state index is 0.0963. The minimum Gasteiger partial charge on any atom is -0.396 e. The lowest BCUT2D eigenvalue weighted by molar-refractivity contribution is -0.384. The monoisotopic (exact) mass is 353 g/mol. The number of nitrogens with zero attached hydrogens (tertiary/aromatic N) is 1. The van der Waals surface area contributed by atoms with Crippen molar-refractivity contribution < 1.29 is 14.1 Å². The number of anilines is 2. The van der Waals surface area contributed by atoms with Gasteiger partial charge in [0.1, 0.15) is 5.82 Å². The standard InChI is InChI=1S/C13H9BrFN3O3/c14-8-3-7(4-10(5-8)18(20)21)13(19)17-9-1-2-11(15)12(16)6-9/h1-6H,16H2,(H,17,19). The Labute approximate surface area is 127 Å². The molecule has 1 amide bonds. The van der Waals surface area contributed by atoms with E-state index in [1.165, 1.54) is 24.3 Å². The summed E-state index contributed by atoms with van der Waals surface area (Å²) in [6.45, 7) is 0. The number of hydrogen-bond donors (Lipinski definition) is 2. The van der Waals surface area contributed by atoms with Crippen molar-refractivity contribution in [1.82, 2.24) is 0 Å². The lowest BCUT2D eigenvalue weighted by Crippen LogP contribution is -2.12. The Morgan fingerprint density at radius 2 is 2.00 bits per heavy atom. The number of halogens is 2. The molecule has 0 saturated heterocycles. The number of carbonyl (C=O) groups excluding carboxylic acids is 1. The molecule has 2 aromatic rings. The zero-order valence-corrected chi connectivity index (χ0v) is 12.1. The largest absolute Gasteiger partial charge is 0.396 e. The van der Waals surface area contributed by atoms with Gasteiger partial charge in [0, 0.05) is 27.9 Å². The van der Waals surface area contributed by atoms with Crippen molar-refractivity contribution in [2.75, 3.05) is 11.1 Å². The molecule has 0 aliphatic rings. The van der Waals surface area contributed by atoms with Crippen LogP contribution in [0.4, 0.5) is 21.5 Å². The summed E-state index contributed by atoms with van der Waals surface area (Å²) in [4.78, 5) is 22.2. The third kappa shape index (κ3) is 3.54. The maximum absolute atomic E-state index is 13.0. The van der Waals surface area contributed by atoms with Gasteiger partial charge in [0.2, 0.25) is 0 Å². The topological polar surface area (TPSA) is 98.3 Å². The van der Waals surface area contributed by atoms with Gasteiger partial charge in [-0.2, -0.15) is 0 Å². The van der Waals surface area contributed by atoms with Crippen LogP contribution in [0.15, 0.2) is 40.9 Å². The predicted molar refractivity (Wildman–Crippen MR) is 79.6 cm³/mol. The molecule has 0 aliphatic carbocycles. The van der Waals surface area contributed by atoms with Crippen LogP contribution in [0.25, 0.3) is 0 Å². The number of carbonyl (C=O) groups is 1. The van der Waals surface area contributed by atoms with Gasteiger partial charge in [-0.05, 0) is 24.3 Å². The van der Waals surface area contributed by atoms with Gasteiger partial charge in [-0.25, -0.2) is 4.39 Å². The number of nitro benzene ring substituents is 1. The van der Waals surface area contributed by atoms with Gasteiger partial charge >= 0.3 is 0 Å².